The van der Waals surface area contributed by atoms with E-state index in [1.807, 2.05) is 23.5 Å². The summed E-state index contributed by atoms with van der Waals surface area (Å²) >= 11 is 1.92. The Hall–Kier alpha value is -6.88. The van der Waals surface area contributed by atoms with Gasteiger partial charge in [-0.15, -0.1) is 11.3 Å². The van der Waals surface area contributed by atoms with Crippen molar-refractivity contribution in [2.24, 2.45) is 0 Å². The van der Waals surface area contributed by atoms with Gasteiger partial charge >= 0.3 is 0 Å². The van der Waals surface area contributed by atoms with Crippen molar-refractivity contribution in [1.82, 2.24) is 14.5 Å². The van der Waals surface area contributed by atoms with Crippen LogP contribution in [-0.4, -0.2) is 14.5 Å². The molecule has 0 atom stereocenters. The molecule has 11 rings (SSSR count). The summed E-state index contributed by atoms with van der Waals surface area (Å²) in [7, 11) is 0. The van der Waals surface area contributed by atoms with E-state index in [0.29, 0.717) is 5.82 Å². The molecule has 0 aliphatic heterocycles. The lowest BCUT2D eigenvalue weighted by Gasteiger charge is -2.15. The second-order valence-electron chi connectivity index (χ2n) is 14.8. The summed E-state index contributed by atoms with van der Waals surface area (Å²) in [5.74, 6) is 0.704. The predicted molar refractivity (Wildman–Crippen MR) is 245 cm³/mol. The van der Waals surface area contributed by atoms with Crippen molar-refractivity contribution < 1.29 is 0 Å². The lowest BCUT2D eigenvalue weighted by atomic mass is 9.93. The molecule has 0 saturated heterocycles. The molecule has 0 amide bonds. The van der Waals surface area contributed by atoms with E-state index in [1.54, 1.807) is 0 Å². The molecule has 57 heavy (non-hydrogen) atoms. The Bertz CT molecular complexity index is 3320. The minimum atomic E-state index is 0.704. The minimum absolute atomic E-state index is 0.704. The third-order valence-electron chi connectivity index (χ3n) is 11.5. The van der Waals surface area contributed by atoms with E-state index >= 15 is 0 Å². The fourth-order valence-electron chi connectivity index (χ4n) is 8.86. The fraction of sp³-hybridized carbons (Fsp3) is 0.0566. The summed E-state index contributed by atoms with van der Waals surface area (Å²) in [6.45, 7) is 4.50. The highest BCUT2D eigenvalue weighted by Crippen LogP contribution is 2.51. The highest BCUT2D eigenvalue weighted by Gasteiger charge is 2.25. The monoisotopic (exact) mass is 747 g/mol. The number of aromatic nitrogens is 3. The second-order valence-corrected chi connectivity index (χ2v) is 15.8. The van der Waals surface area contributed by atoms with Crippen LogP contribution < -0.4 is 0 Å². The van der Waals surface area contributed by atoms with E-state index in [0.717, 1.165) is 40.2 Å². The van der Waals surface area contributed by atoms with Crippen molar-refractivity contribution in [3.05, 3.63) is 181 Å². The largest absolute Gasteiger partial charge is 0.308 e. The van der Waals surface area contributed by atoms with Gasteiger partial charge in [0.25, 0.3) is 0 Å². The molecule has 0 fully saturated rings. The summed E-state index contributed by atoms with van der Waals surface area (Å²) in [4.78, 5) is 10.3. The predicted octanol–water partition coefficient (Wildman–Crippen LogP) is 15.0. The maximum absolute atomic E-state index is 5.16. The average molecular weight is 748 g/mol. The third-order valence-corrected chi connectivity index (χ3v) is 12.7. The Morgan fingerprint density at radius 3 is 1.74 bits per heavy atom. The lowest BCUT2D eigenvalue weighted by Crippen LogP contribution is -1.99. The zero-order chi connectivity index (χ0) is 38.0. The first-order valence-corrected chi connectivity index (χ1v) is 20.5. The quantitative estimate of drug-likeness (QED) is 0.170. The Kier molecular flexibility index (Phi) is 7.87. The standard InChI is InChI=1S/C53H37N3S/c1-3-4-21-39-33(2)38-22-11-12-23-40(38)48-49-51(42-25-14-13-24-41(42)47-43-26-15-16-27-46(43)57-52(47)49)56(50(39)48)37-30-28-36(29-31-37)53-54-44(34-17-7-5-8-18-34)32-45(55-53)35-19-9-6-10-20-35/h4-32H,3H2,1-2H3/b21-4-. The van der Waals surface area contributed by atoms with Crippen LogP contribution in [0.25, 0.3) is 109 Å². The zero-order valence-electron chi connectivity index (χ0n) is 31.7. The molecule has 11 aromatic rings. The molecule has 0 aliphatic rings. The topological polar surface area (TPSA) is 30.7 Å². The van der Waals surface area contributed by atoms with Gasteiger partial charge in [0, 0.05) is 64.3 Å². The van der Waals surface area contributed by atoms with E-state index < -0.39 is 0 Å². The van der Waals surface area contributed by atoms with Crippen molar-refractivity contribution in [1.29, 1.82) is 0 Å². The van der Waals surface area contributed by atoms with Crippen LogP contribution >= 0.6 is 11.3 Å². The first-order chi connectivity index (χ1) is 28.2. The number of benzene rings is 8. The van der Waals surface area contributed by atoms with Crippen LogP contribution in [0.15, 0.2) is 170 Å². The normalized spacial score (nSPS) is 12.0. The molecule has 0 spiro atoms. The van der Waals surface area contributed by atoms with Crippen LogP contribution in [0.1, 0.15) is 24.5 Å². The maximum atomic E-state index is 5.16. The van der Waals surface area contributed by atoms with Crippen LogP contribution in [0.2, 0.25) is 0 Å². The molecular formula is C53H37N3S. The molecule has 3 aromatic heterocycles. The minimum Gasteiger partial charge on any atom is -0.308 e. The maximum Gasteiger partial charge on any atom is 0.160 e. The number of allylic oxidation sites excluding steroid dienone is 1. The van der Waals surface area contributed by atoms with E-state index in [9.17, 15) is 0 Å². The highest BCUT2D eigenvalue weighted by atomic mass is 32.1. The Morgan fingerprint density at radius 1 is 0.526 bits per heavy atom. The molecule has 0 radical (unpaired) electrons. The van der Waals surface area contributed by atoms with Gasteiger partial charge in [0.2, 0.25) is 0 Å². The van der Waals surface area contributed by atoms with E-state index in [4.69, 9.17) is 9.97 Å². The average Bonchev–Trinajstić information content (AvgIpc) is 3.85. The molecule has 0 bridgehead atoms. The number of nitrogens with zero attached hydrogens (tertiary/aromatic N) is 3. The number of thiophene rings is 1. The van der Waals surface area contributed by atoms with Crippen LogP contribution in [0.3, 0.4) is 0 Å². The third kappa shape index (κ3) is 5.25. The highest BCUT2D eigenvalue weighted by molar-refractivity contribution is 7.27. The molecule has 0 aliphatic carbocycles. The number of rotatable bonds is 6. The molecule has 8 aromatic carbocycles. The van der Waals surface area contributed by atoms with Gasteiger partial charge in [-0.3, -0.25) is 0 Å². The van der Waals surface area contributed by atoms with E-state index in [1.165, 1.54) is 74.6 Å². The van der Waals surface area contributed by atoms with Crippen molar-refractivity contribution in [3.63, 3.8) is 0 Å². The van der Waals surface area contributed by atoms with Crippen LogP contribution in [0, 0.1) is 6.92 Å². The molecule has 0 saturated carbocycles. The van der Waals surface area contributed by atoms with Gasteiger partial charge in [-0.05, 0) is 71.5 Å². The molecule has 270 valence electrons. The summed E-state index contributed by atoms with van der Waals surface area (Å²) in [6.07, 6.45) is 5.61. The van der Waals surface area contributed by atoms with E-state index in [2.05, 4.69) is 182 Å². The van der Waals surface area contributed by atoms with Crippen molar-refractivity contribution >= 4 is 80.9 Å². The number of hydrogen-bond donors (Lipinski definition) is 0. The van der Waals surface area contributed by atoms with Crippen LogP contribution in [-0.2, 0) is 0 Å². The summed E-state index contributed by atoms with van der Waals surface area (Å²) < 4.78 is 5.20. The SMILES string of the molecule is CC/C=C\c1c(C)c2ccccc2c2c3c4sc5ccccc5c4c4ccccc4c3n(-c3ccc(-c4nc(-c5ccccc5)cc(-c5ccccc5)n4)cc3)c12. The van der Waals surface area contributed by atoms with Crippen LogP contribution in [0.4, 0.5) is 0 Å². The zero-order valence-corrected chi connectivity index (χ0v) is 32.5. The Labute approximate surface area is 334 Å². The second kappa shape index (κ2) is 13.4. The van der Waals surface area contributed by atoms with Gasteiger partial charge in [-0.2, -0.15) is 0 Å². The molecule has 3 nitrogen and oxygen atoms in total. The Morgan fingerprint density at radius 2 is 1.09 bits per heavy atom. The summed E-state index contributed by atoms with van der Waals surface area (Å²) in [5.41, 5.74) is 11.0. The van der Waals surface area contributed by atoms with Gasteiger partial charge in [0.15, 0.2) is 5.82 Å². The number of fused-ring (bicyclic) bond motifs is 12. The van der Waals surface area contributed by atoms with Gasteiger partial charge in [-0.25, -0.2) is 9.97 Å². The van der Waals surface area contributed by atoms with Crippen molar-refractivity contribution in [3.8, 4) is 39.6 Å². The Balaban J connectivity index is 1.24. The smallest absolute Gasteiger partial charge is 0.160 e. The summed E-state index contributed by atoms with van der Waals surface area (Å²) in [5, 5.41) is 10.4. The van der Waals surface area contributed by atoms with Gasteiger partial charge < -0.3 is 4.57 Å². The van der Waals surface area contributed by atoms with E-state index in [-0.39, 0.29) is 0 Å². The lowest BCUT2D eigenvalue weighted by molar-refractivity contribution is 1.16. The number of hydrogen-bond acceptors (Lipinski definition) is 3. The fourth-order valence-corrected chi connectivity index (χ4v) is 10.1. The van der Waals surface area contributed by atoms with Gasteiger partial charge in [-0.1, -0.05) is 146 Å². The van der Waals surface area contributed by atoms with Gasteiger partial charge in [0.05, 0.1) is 22.4 Å². The van der Waals surface area contributed by atoms with Gasteiger partial charge in [0.1, 0.15) is 0 Å². The first-order valence-electron chi connectivity index (χ1n) is 19.7. The number of aryl methyl sites for hydroxylation is 1. The molecular weight excluding hydrogens is 711 g/mol. The first kappa shape index (κ1) is 33.5. The molecule has 0 N–H and O–H groups in total. The molecule has 4 heteroatoms. The summed E-state index contributed by atoms with van der Waals surface area (Å²) in [6, 6.07) is 58.7. The molecule has 0 unspecified atom stereocenters. The van der Waals surface area contributed by atoms with Crippen molar-refractivity contribution in [2.45, 2.75) is 20.3 Å². The molecule has 3 heterocycles. The van der Waals surface area contributed by atoms with Crippen molar-refractivity contribution in [2.75, 3.05) is 0 Å². The van der Waals surface area contributed by atoms with Crippen LogP contribution in [0.5, 0.6) is 0 Å².